The van der Waals surface area contributed by atoms with Gasteiger partial charge in [-0.25, -0.2) is 4.98 Å². The number of aromatic amines is 1. The molecule has 0 aliphatic rings. The molecule has 1 N–H and O–H groups in total. The van der Waals surface area contributed by atoms with Gasteiger partial charge in [0.25, 0.3) is 0 Å². The van der Waals surface area contributed by atoms with Crippen LogP contribution in [0.3, 0.4) is 0 Å². The maximum absolute atomic E-state index is 5.51. The molecule has 2 rings (SSSR count). The molecule has 2 aromatic rings. The Hall–Kier alpha value is -1.68. The highest BCUT2D eigenvalue weighted by molar-refractivity contribution is 7.71. The van der Waals surface area contributed by atoms with Gasteiger partial charge in [0.15, 0.2) is 10.7 Å². The lowest BCUT2D eigenvalue weighted by molar-refractivity contribution is 0.293. The van der Waals surface area contributed by atoms with Gasteiger partial charge in [0.05, 0.1) is 0 Å². The summed E-state index contributed by atoms with van der Waals surface area (Å²) < 4.78 is 5.94. The summed E-state index contributed by atoms with van der Waals surface area (Å²) in [6.07, 6.45) is 1.62. The van der Waals surface area contributed by atoms with Crippen LogP contribution in [0.2, 0.25) is 0 Å². The highest BCUT2D eigenvalue weighted by Gasteiger charge is 1.94. The van der Waals surface area contributed by atoms with Crippen LogP contribution in [-0.4, -0.2) is 9.97 Å². The predicted molar refractivity (Wildman–Crippen MR) is 60.2 cm³/mol. The van der Waals surface area contributed by atoms with E-state index in [1.165, 1.54) is 0 Å². The number of hydrogen-bond acceptors (Lipinski definition) is 3. The Morgan fingerprint density at radius 1 is 1.20 bits per heavy atom. The molecule has 0 unspecified atom stereocenters. The van der Waals surface area contributed by atoms with Crippen molar-refractivity contribution in [2.45, 2.75) is 6.61 Å². The average molecular weight is 218 g/mol. The molecular weight excluding hydrogens is 208 g/mol. The van der Waals surface area contributed by atoms with Gasteiger partial charge < -0.3 is 9.72 Å². The van der Waals surface area contributed by atoms with Gasteiger partial charge in [-0.15, -0.1) is 0 Å². The van der Waals surface area contributed by atoms with Gasteiger partial charge in [-0.2, -0.15) is 0 Å². The Balaban J connectivity index is 2.02. The Morgan fingerprint density at radius 2 is 2.00 bits per heavy atom. The molecule has 4 heteroatoms. The summed E-state index contributed by atoms with van der Waals surface area (Å²) >= 11 is 4.88. The molecule has 0 aliphatic carbocycles. The van der Waals surface area contributed by atoms with Crippen LogP contribution < -0.4 is 4.74 Å². The third-order valence-corrected chi connectivity index (χ3v) is 2.09. The summed E-state index contributed by atoms with van der Waals surface area (Å²) in [4.78, 5) is 6.73. The molecule has 0 atom stereocenters. The zero-order valence-electron chi connectivity index (χ0n) is 8.01. The van der Waals surface area contributed by atoms with Crippen molar-refractivity contribution in [3.05, 3.63) is 52.9 Å². The van der Waals surface area contributed by atoms with E-state index in [1.807, 2.05) is 30.3 Å². The van der Waals surface area contributed by atoms with Crippen LogP contribution in [-0.2, 0) is 6.61 Å². The SMILES string of the molecule is S=c1nccc(OCc2ccccc2)[nH]1. The van der Waals surface area contributed by atoms with Gasteiger partial charge in [0.2, 0.25) is 0 Å². The van der Waals surface area contributed by atoms with E-state index in [-0.39, 0.29) is 0 Å². The van der Waals surface area contributed by atoms with Crippen molar-refractivity contribution in [3.63, 3.8) is 0 Å². The Morgan fingerprint density at radius 3 is 2.73 bits per heavy atom. The second-order valence-electron chi connectivity index (χ2n) is 3.01. The number of ether oxygens (including phenoxy) is 1. The number of H-pyrrole nitrogens is 1. The third-order valence-electron chi connectivity index (χ3n) is 1.88. The molecule has 3 nitrogen and oxygen atoms in total. The normalized spacial score (nSPS) is 9.87. The minimum atomic E-state index is 0.431. The monoisotopic (exact) mass is 218 g/mol. The third kappa shape index (κ3) is 2.89. The fourth-order valence-electron chi connectivity index (χ4n) is 1.17. The van der Waals surface area contributed by atoms with Gasteiger partial charge in [0, 0.05) is 12.3 Å². The molecule has 0 bridgehead atoms. The van der Waals surface area contributed by atoms with Crippen molar-refractivity contribution < 1.29 is 4.74 Å². The summed E-state index contributed by atoms with van der Waals surface area (Å²) in [7, 11) is 0. The second-order valence-corrected chi connectivity index (χ2v) is 3.40. The van der Waals surface area contributed by atoms with E-state index in [4.69, 9.17) is 17.0 Å². The first-order valence-corrected chi connectivity index (χ1v) is 4.97. The molecule has 0 radical (unpaired) electrons. The van der Waals surface area contributed by atoms with E-state index in [9.17, 15) is 0 Å². The average Bonchev–Trinajstić information content (AvgIpc) is 2.28. The predicted octanol–water partition coefficient (Wildman–Crippen LogP) is 2.72. The first-order chi connectivity index (χ1) is 7.34. The number of aromatic nitrogens is 2. The molecule has 1 heterocycles. The minimum Gasteiger partial charge on any atom is -0.474 e. The first-order valence-electron chi connectivity index (χ1n) is 4.56. The number of rotatable bonds is 3. The van der Waals surface area contributed by atoms with E-state index < -0.39 is 0 Å². The second kappa shape index (κ2) is 4.70. The molecule has 0 saturated carbocycles. The molecule has 0 saturated heterocycles. The standard InChI is InChI=1S/C11H10N2OS/c15-11-12-7-6-10(13-11)14-8-9-4-2-1-3-5-9/h1-7H,8H2,(H,12,13,15). The van der Waals surface area contributed by atoms with Crippen LogP contribution in [0.15, 0.2) is 42.6 Å². The lowest BCUT2D eigenvalue weighted by Crippen LogP contribution is -1.97. The molecule has 1 aromatic carbocycles. The molecule has 76 valence electrons. The van der Waals surface area contributed by atoms with Crippen molar-refractivity contribution in [3.8, 4) is 5.88 Å². The zero-order chi connectivity index (χ0) is 10.5. The van der Waals surface area contributed by atoms with Crippen molar-refractivity contribution in [1.82, 2.24) is 9.97 Å². The molecule has 15 heavy (non-hydrogen) atoms. The van der Waals surface area contributed by atoms with Crippen LogP contribution in [0.25, 0.3) is 0 Å². The largest absolute Gasteiger partial charge is 0.474 e. The van der Waals surface area contributed by atoms with Gasteiger partial charge >= 0.3 is 0 Å². The van der Waals surface area contributed by atoms with Crippen molar-refractivity contribution >= 4 is 12.2 Å². The smallest absolute Gasteiger partial charge is 0.199 e. The zero-order valence-corrected chi connectivity index (χ0v) is 8.83. The Bertz CT molecular complexity index is 481. The summed E-state index contributed by atoms with van der Waals surface area (Å²) in [6.45, 7) is 0.524. The topological polar surface area (TPSA) is 37.9 Å². The lowest BCUT2D eigenvalue weighted by Gasteiger charge is -2.04. The van der Waals surface area contributed by atoms with E-state index in [0.717, 1.165) is 5.56 Å². The van der Waals surface area contributed by atoms with Gasteiger partial charge in [-0.05, 0) is 17.8 Å². The van der Waals surface area contributed by atoms with E-state index in [0.29, 0.717) is 17.3 Å². The Kier molecular flexibility index (Phi) is 3.09. The van der Waals surface area contributed by atoms with Crippen LogP contribution >= 0.6 is 12.2 Å². The van der Waals surface area contributed by atoms with E-state index in [2.05, 4.69) is 9.97 Å². The fourth-order valence-corrected chi connectivity index (χ4v) is 1.33. The highest BCUT2D eigenvalue weighted by atomic mass is 32.1. The summed E-state index contributed by atoms with van der Waals surface area (Å²) in [5, 5.41) is 0. The first kappa shape index (κ1) is 9.86. The van der Waals surface area contributed by atoms with Crippen molar-refractivity contribution in [2.24, 2.45) is 0 Å². The van der Waals surface area contributed by atoms with Gasteiger partial charge in [0.1, 0.15) is 6.61 Å². The van der Waals surface area contributed by atoms with Gasteiger partial charge in [-0.1, -0.05) is 30.3 Å². The maximum Gasteiger partial charge on any atom is 0.199 e. The molecule has 0 spiro atoms. The molecular formula is C11H10N2OS. The van der Waals surface area contributed by atoms with Crippen molar-refractivity contribution in [2.75, 3.05) is 0 Å². The summed E-state index contributed by atoms with van der Waals surface area (Å²) in [5.41, 5.74) is 1.12. The van der Waals surface area contributed by atoms with E-state index in [1.54, 1.807) is 12.3 Å². The van der Waals surface area contributed by atoms with Crippen molar-refractivity contribution in [1.29, 1.82) is 0 Å². The minimum absolute atomic E-state index is 0.431. The summed E-state index contributed by atoms with van der Waals surface area (Å²) in [6, 6.07) is 11.7. The summed E-state index contributed by atoms with van der Waals surface area (Å²) in [5.74, 6) is 0.638. The number of benzene rings is 1. The van der Waals surface area contributed by atoms with Crippen LogP contribution in [0.5, 0.6) is 5.88 Å². The molecule has 1 aromatic heterocycles. The quantitative estimate of drug-likeness (QED) is 0.805. The Labute approximate surface area is 92.8 Å². The van der Waals surface area contributed by atoms with Crippen LogP contribution in [0.1, 0.15) is 5.56 Å². The fraction of sp³-hybridized carbons (Fsp3) is 0.0909. The molecule has 0 amide bonds. The number of hydrogen-bond donors (Lipinski definition) is 1. The number of nitrogens with zero attached hydrogens (tertiary/aromatic N) is 1. The van der Waals surface area contributed by atoms with Crippen LogP contribution in [0.4, 0.5) is 0 Å². The highest BCUT2D eigenvalue weighted by Crippen LogP contribution is 2.07. The number of nitrogens with one attached hydrogen (secondary N) is 1. The lowest BCUT2D eigenvalue weighted by atomic mass is 10.2. The van der Waals surface area contributed by atoms with E-state index >= 15 is 0 Å². The maximum atomic E-state index is 5.51. The van der Waals surface area contributed by atoms with Crippen LogP contribution in [0, 0.1) is 4.77 Å². The van der Waals surface area contributed by atoms with Gasteiger partial charge in [-0.3, -0.25) is 0 Å². The molecule has 0 fully saturated rings. The molecule has 0 aliphatic heterocycles.